The van der Waals surface area contributed by atoms with E-state index < -0.39 is 17.7 Å². The molecule has 29 heavy (non-hydrogen) atoms. The number of rotatable bonds is 9. The predicted octanol–water partition coefficient (Wildman–Crippen LogP) is 3.96. The third-order valence-corrected chi connectivity index (χ3v) is 4.83. The summed E-state index contributed by atoms with van der Waals surface area (Å²) in [5.74, 6) is -0.506. The highest BCUT2D eigenvalue weighted by Crippen LogP contribution is 2.26. The maximum absolute atomic E-state index is 11.2. The molecule has 0 fully saturated rings. The van der Waals surface area contributed by atoms with E-state index in [1.165, 1.54) is 13.8 Å². The molecular weight excluding hydrogens is 417 g/mol. The van der Waals surface area contributed by atoms with Crippen LogP contribution in [0.5, 0.6) is 11.5 Å². The third-order valence-electron chi connectivity index (χ3n) is 4.48. The molecule has 0 heterocycles. The maximum atomic E-state index is 11.2. The first kappa shape index (κ1) is 25.0. The number of phenols is 1. The minimum absolute atomic E-state index is 0. The van der Waals surface area contributed by atoms with Gasteiger partial charge in [0.2, 0.25) is 0 Å². The number of aliphatic carboxylic acids is 1. The average molecular weight is 444 g/mol. The highest BCUT2D eigenvalue weighted by Gasteiger charge is 2.29. The first-order valence-corrected chi connectivity index (χ1v) is 9.39. The number of hydrogen-bond acceptors (Lipinski definition) is 5. The van der Waals surface area contributed by atoms with E-state index in [1.54, 1.807) is 42.5 Å². The van der Waals surface area contributed by atoms with Crippen LogP contribution < -0.4 is 10.1 Å². The lowest BCUT2D eigenvalue weighted by atomic mass is 10.0. The predicted molar refractivity (Wildman–Crippen MR) is 115 cm³/mol. The van der Waals surface area contributed by atoms with Crippen LogP contribution in [0.4, 0.5) is 0 Å². The number of hydrogen-bond donors (Lipinski definition) is 4. The van der Waals surface area contributed by atoms with Gasteiger partial charge in [0.25, 0.3) is 0 Å². The van der Waals surface area contributed by atoms with Crippen molar-refractivity contribution in [3.8, 4) is 11.5 Å². The monoisotopic (exact) mass is 443 g/mol. The molecule has 2 aromatic carbocycles. The van der Waals surface area contributed by atoms with E-state index in [4.69, 9.17) is 21.4 Å². The Labute approximate surface area is 181 Å². The van der Waals surface area contributed by atoms with Gasteiger partial charge in [-0.15, -0.1) is 12.4 Å². The molecule has 4 N–H and O–H groups in total. The average Bonchev–Trinajstić information content (AvgIpc) is 2.63. The summed E-state index contributed by atoms with van der Waals surface area (Å²) in [6, 6.07) is 11.4. The number of aliphatic hydroxyl groups is 1. The Morgan fingerprint density at radius 3 is 2.38 bits per heavy atom. The van der Waals surface area contributed by atoms with Crippen LogP contribution in [-0.2, 0) is 11.2 Å². The van der Waals surface area contributed by atoms with Crippen molar-refractivity contribution in [3.63, 3.8) is 0 Å². The Hall–Kier alpha value is -1.99. The van der Waals surface area contributed by atoms with Gasteiger partial charge in [-0.2, -0.15) is 0 Å². The second-order valence-electron chi connectivity index (χ2n) is 7.20. The van der Waals surface area contributed by atoms with Crippen LogP contribution in [0.25, 0.3) is 0 Å². The molecule has 0 spiro atoms. The highest BCUT2D eigenvalue weighted by molar-refractivity contribution is 6.31. The number of aromatic hydroxyl groups is 1. The zero-order valence-electron chi connectivity index (χ0n) is 16.6. The van der Waals surface area contributed by atoms with Gasteiger partial charge in [0.15, 0.2) is 5.60 Å². The summed E-state index contributed by atoms with van der Waals surface area (Å²) in [7, 11) is 0. The molecule has 0 aromatic heterocycles. The molecular formula is C21H27Cl2NO5. The molecule has 0 aliphatic heterocycles. The Morgan fingerprint density at radius 2 is 1.83 bits per heavy atom. The largest absolute Gasteiger partial charge is 0.508 e. The lowest BCUT2D eigenvalue weighted by Gasteiger charge is -2.22. The van der Waals surface area contributed by atoms with Crippen LogP contribution in [0.3, 0.4) is 0 Å². The normalized spacial score (nSPS) is 13.3. The molecule has 0 amide bonds. The molecule has 2 aromatic rings. The molecule has 0 unspecified atom stereocenters. The standard InChI is InChI=1S/C21H26ClNO5.ClH/c1-13(19(25)15-4-7-16(24)8-5-15)23-11-10-14-6-9-17(12-18(14)22)28-21(2,3)20(26)27;/h4-9,12-13,19,23-25H,10-11H2,1-3H3,(H,26,27);1H/t13-,19-;/m0./s1. The number of halogens is 2. The summed E-state index contributed by atoms with van der Waals surface area (Å²) in [5, 5.41) is 32.6. The van der Waals surface area contributed by atoms with Gasteiger partial charge in [-0.25, -0.2) is 4.79 Å². The Balaban J connectivity index is 0.00000420. The third kappa shape index (κ3) is 7.08. The Kier molecular flexibility index (Phi) is 9.23. The first-order chi connectivity index (χ1) is 13.1. The number of carboxylic acids is 1. The summed E-state index contributed by atoms with van der Waals surface area (Å²) < 4.78 is 5.48. The molecule has 0 saturated carbocycles. The molecule has 0 bridgehead atoms. The molecule has 0 saturated heterocycles. The van der Waals surface area contributed by atoms with Gasteiger partial charge in [-0.1, -0.05) is 29.8 Å². The topological polar surface area (TPSA) is 99.0 Å². The van der Waals surface area contributed by atoms with Gasteiger partial charge in [-0.3, -0.25) is 0 Å². The van der Waals surface area contributed by atoms with Crippen molar-refractivity contribution in [1.82, 2.24) is 5.32 Å². The van der Waals surface area contributed by atoms with Crippen LogP contribution in [0.2, 0.25) is 5.02 Å². The molecule has 0 radical (unpaired) electrons. The van der Waals surface area contributed by atoms with Crippen molar-refractivity contribution >= 4 is 30.0 Å². The SMILES string of the molecule is C[C@H](NCCc1ccc(OC(C)(C)C(=O)O)cc1Cl)[C@H](O)c1ccc(O)cc1.Cl. The van der Waals surface area contributed by atoms with E-state index in [2.05, 4.69) is 5.32 Å². The van der Waals surface area contributed by atoms with Crippen molar-refractivity contribution in [2.75, 3.05) is 6.54 Å². The first-order valence-electron chi connectivity index (χ1n) is 9.01. The Bertz CT molecular complexity index is 811. The second kappa shape index (κ2) is 10.7. The van der Waals surface area contributed by atoms with Crippen LogP contribution in [0, 0.1) is 0 Å². The van der Waals surface area contributed by atoms with Crippen molar-refractivity contribution in [3.05, 3.63) is 58.6 Å². The van der Waals surface area contributed by atoms with Gasteiger partial charge in [-0.05, 0) is 69.1 Å². The van der Waals surface area contributed by atoms with E-state index in [0.717, 1.165) is 11.1 Å². The van der Waals surface area contributed by atoms with Crippen molar-refractivity contribution < 1.29 is 24.9 Å². The van der Waals surface area contributed by atoms with E-state index >= 15 is 0 Å². The molecule has 2 rings (SSSR count). The molecule has 8 heteroatoms. The molecule has 0 aliphatic carbocycles. The molecule has 6 nitrogen and oxygen atoms in total. The summed E-state index contributed by atoms with van der Waals surface area (Å²) in [5.41, 5.74) is 0.269. The smallest absolute Gasteiger partial charge is 0.347 e. The minimum Gasteiger partial charge on any atom is -0.508 e. The van der Waals surface area contributed by atoms with Gasteiger partial charge < -0.3 is 25.4 Å². The van der Waals surface area contributed by atoms with Gasteiger partial charge in [0.1, 0.15) is 11.5 Å². The second-order valence-corrected chi connectivity index (χ2v) is 7.61. The summed E-state index contributed by atoms with van der Waals surface area (Å²) in [4.78, 5) is 11.2. The van der Waals surface area contributed by atoms with Crippen LogP contribution in [-0.4, -0.2) is 39.5 Å². The molecule has 2 atom stereocenters. The number of ether oxygens (including phenoxy) is 1. The van der Waals surface area contributed by atoms with Crippen molar-refractivity contribution in [1.29, 1.82) is 0 Å². The summed E-state index contributed by atoms with van der Waals surface area (Å²) in [6.07, 6.45) is -0.0706. The summed E-state index contributed by atoms with van der Waals surface area (Å²) in [6.45, 7) is 5.42. The van der Waals surface area contributed by atoms with E-state index in [-0.39, 0.29) is 24.2 Å². The number of carbonyl (C=O) groups is 1. The van der Waals surface area contributed by atoms with Gasteiger partial charge >= 0.3 is 5.97 Å². The molecule has 160 valence electrons. The van der Waals surface area contributed by atoms with Crippen LogP contribution in [0.15, 0.2) is 42.5 Å². The van der Waals surface area contributed by atoms with Crippen LogP contribution >= 0.6 is 24.0 Å². The lowest BCUT2D eigenvalue weighted by Crippen LogP contribution is -2.37. The van der Waals surface area contributed by atoms with Crippen molar-refractivity contribution in [2.45, 2.75) is 44.9 Å². The van der Waals surface area contributed by atoms with Crippen LogP contribution in [0.1, 0.15) is 38.0 Å². The number of aliphatic hydroxyl groups excluding tert-OH is 1. The van der Waals surface area contributed by atoms with Gasteiger partial charge in [0.05, 0.1) is 6.10 Å². The van der Waals surface area contributed by atoms with Crippen molar-refractivity contribution in [2.24, 2.45) is 0 Å². The number of carboxylic acid groups (broad SMARTS) is 1. The fourth-order valence-electron chi connectivity index (χ4n) is 2.64. The minimum atomic E-state index is -1.34. The van der Waals surface area contributed by atoms with Gasteiger partial charge in [0, 0.05) is 11.1 Å². The van der Waals surface area contributed by atoms with E-state index in [1.807, 2.05) is 6.92 Å². The van der Waals surface area contributed by atoms with E-state index in [9.17, 15) is 15.0 Å². The zero-order chi connectivity index (χ0) is 20.9. The number of phenolic OH excluding ortho intramolecular Hbond substituents is 1. The zero-order valence-corrected chi connectivity index (χ0v) is 18.1. The molecule has 0 aliphatic rings. The fraction of sp³-hybridized carbons (Fsp3) is 0.381. The highest BCUT2D eigenvalue weighted by atomic mass is 35.5. The fourth-order valence-corrected chi connectivity index (χ4v) is 2.90. The number of benzene rings is 2. The Morgan fingerprint density at radius 1 is 1.21 bits per heavy atom. The quantitative estimate of drug-likeness (QED) is 0.467. The summed E-state index contributed by atoms with van der Waals surface area (Å²) >= 11 is 6.30. The maximum Gasteiger partial charge on any atom is 0.347 e. The van der Waals surface area contributed by atoms with E-state index in [0.29, 0.717) is 23.7 Å². The number of nitrogens with one attached hydrogen (secondary N) is 1. The lowest BCUT2D eigenvalue weighted by molar-refractivity contribution is -0.152.